The topological polar surface area (TPSA) is 95.5 Å². The molecule has 2 fully saturated rings. The molecule has 6 nitrogen and oxygen atoms in total. The molecule has 0 saturated heterocycles. The van der Waals surface area contributed by atoms with Crippen LogP contribution in [0.1, 0.15) is 57.8 Å². The predicted molar refractivity (Wildman–Crippen MR) is 97.8 cm³/mol. The van der Waals surface area contributed by atoms with E-state index in [-0.39, 0.29) is 41.5 Å². The highest BCUT2D eigenvalue weighted by Gasteiger charge is 2.36. The SMILES string of the molecule is O=C1C=C(CC(NC(=O)C2CCC(Cl)CC2)C(=O)O)C2CCCCC2N1. The summed E-state index contributed by atoms with van der Waals surface area (Å²) in [6.07, 6.45) is 8.74. The predicted octanol–water partition coefficient (Wildman–Crippen LogP) is 2.36. The Morgan fingerprint density at radius 2 is 1.88 bits per heavy atom. The van der Waals surface area contributed by atoms with Crippen LogP contribution in [0, 0.1) is 11.8 Å². The minimum Gasteiger partial charge on any atom is -0.480 e. The van der Waals surface area contributed by atoms with Gasteiger partial charge in [0.2, 0.25) is 11.8 Å². The minimum atomic E-state index is -1.05. The molecular weight excluding hydrogens is 356 g/mol. The Morgan fingerprint density at radius 3 is 2.58 bits per heavy atom. The average molecular weight is 383 g/mol. The van der Waals surface area contributed by atoms with E-state index in [1.807, 2.05) is 0 Å². The fraction of sp³-hybridized carbons (Fsp3) is 0.737. The molecule has 7 heteroatoms. The minimum absolute atomic E-state index is 0.0976. The highest BCUT2D eigenvalue weighted by molar-refractivity contribution is 6.20. The lowest BCUT2D eigenvalue weighted by molar-refractivity contribution is -0.142. The lowest BCUT2D eigenvalue weighted by Gasteiger charge is -2.37. The van der Waals surface area contributed by atoms with Gasteiger partial charge in [-0.1, -0.05) is 18.4 Å². The van der Waals surface area contributed by atoms with Crippen LogP contribution in [-0.4, -0.2) is 40.4 Å². The van der Waals surface area contributed by atoms with Gasteiger partial charge < -0.3 is 15.7 Å². The van der Waals surface area contributed by atoms with Gasteiger partial charge in [-0.05, 0) is 38.5 Å². The first-order valence-electron chi connectivity index (χ1n) is 9.62. The first-order chi connectivity index (χ1) is 12.4. The number of nitrogens with one attached hydrogen (secondary N) is 2. The summed E-state index contributed by atoms with van der Waals surface area (Å²) in [7, 11) is 0. The van der Waals surface area contributed by atoms with E-state index in [4.69, 9.17) is 11.6 Å². The maximum atomic E-state index is 12.5. The van der Waals surface area contributed by atoms with Crippen molar-refractivity contribution in [2.75, 3.05) is 0 Å². The number of alkyl halides is 1. The van der Waals surface area contributed by atoms with Crippen molar-refractivity contribution in [3.8, 4) is 0 Å². The number of hydrogen-bond acceptors (Lipinski definition) is 3. The normalized spacial score (nSPS) is 32.7. The van der Waals surface area contributed by atoms with Crippen LogP contribution in [0.3, 0.4) is 0 Å². The standard InChI is InChI=1S/C19H27ClN2O4/c20-13-7-5-11(6-8-13)18(24)22-16(19(25)26)9-12-10-17(23)21-15-4-2-1-3-14(12)15/h10-11,13-16H,1-9H2,(H,21,23)(H,22,24)(H,25,26). The number of carbonyl (C=O) groups excluding carboxylic acids is 2. The van der Waals surface area contributed by atoms with Gasteiger partial charge >= 0.3 is 5.97 Å². The smallest absolute Gasteiger partial charge is 0.326 e. The maximum absolute atomic E-state index is 12.5. The number of carboxylic acid groups (broad SMARTS) is 1. The van der Waals surface area contributed by atoms with Crippen LogP contribution in [0.25, 0.3) is 0 Å². The molecule has 0 aromatic heterocycles. The number of carbonyl (C=O) groups is 3. The Bertz CT molecular complexity index is 598. The third-order valence-corrected chi connectivity index (χ3v) is 6.40. The van der Waals surface area contributed by atoms with Gasteiger partial charge in [-0.25, -0.2) is 4.79 Å². The maximum Gasteiger partial charge on any atom is 0.326 e. The van der Waals surface area contributed by atoms with E-state index in [2.05, 4.69) is 10.6 Å². The van der Waals surface area contributed by atoms with E-state index in [1.54, 1.807) is 0 Å². The highest BCUT2D eigenvalue weighted by atomic mass is 35.5. The van der Waals surface area contributed by atoms with Crippen molar-refractivity contribution in [1.29, 1.82) is 0 Å². The lowest BCUT2D eigenvalue weighted by Crippen LogP contribution is -2.49. The Hall–Kier alpha value is -1.56. The number of fused-ring (bicyclic) bond motifs is 1. The van der Waals surface area contributed by atoms with E-state index in [0.29, 0.717) is 12.8 Å². The molecular formula is C19H27ClN2O4. The molecule has 2 aliphatic carbocycles. The van der Waals surface area contributed by atoms with Crippen molar-refractivity contribution in [2.45, 2.75) is 75.2 Å². The summed E-state index contributed by atoms with van der Waals surface area (Å²) in [6.45, 7) is 0. The molecule has 3 rings (SSSR count). The molecule has 3 unspecified atom stereocenters. The molecule has 1 heterocycles. The summed E-state index contributed by atoms with van der Waals surface area (Å²) in [5.41, 5.74) is 0.857. The number of aliphatic carboxylic acids is 1. The van der Waals surface area contributed by atoms with Gasteiger partial charge in [0.15, 0.2) is 0 Å². The molecule has 3 aliphatic rings. The summed E-state index contributed by atoms with van der Waals surface area (Å²) >= 11 is 6.08. The molecule has 26 heavy (non-hydrogen) atoms. The third-order valence-electron chi connectivity index (χ3n) is 5.97. The van der Waals surface area contributed by atoms with Crippen molar-refractivity contribution >= 4 is 29.4 Å². The van der Waals surface area contributed by atoms with Gasteiger partial charge in [-0.15, -0.1) is 11.6 Å². The molecule has 3 N–H and O–H groups in total. The van der Waals surface area contributed by atoms with Crippen molar-refractivity contribution < 1.29 is 19.5 Å². The molecule has 0 radical (unpaired) electrons. The Balaban J connectivity index is 1.65. The quantitative estimate of drug-likeness (QED) is 0.636. The second-order valence-electron chi connectivity index (χ2n) is 7.78. The number of rotatable bonds is 5. The number of halogens is 1. The van der Waals surface area contributed by atoms with Crippen LogP contribution in [0.5, 0.6) is 0 Å². The second kappa shape index (κ2) is 8.42. The van der Waals surface area contributed by atoms with E-state index < -0.39 is 12.0 Å². The molecule has 0 bridgehead atoms. The monoisotopic (exact) mass is 382 g/mol. The molecule has 0 spiro atoms. The van der Waals surface area contributed by atoms with Crippen molar-refractivity contribution in [3.63, 3.8) is 0 Å². The number of carboxylic acids is 1. The molecule has 1 aliphatic heterocycles. The van der Waals surface area contributed by atoms with E-state index in [1.165, 1.54) is 6.08 Å². The largest absolute Gasteiger partial charge is 0.480 e. The van der Waals surface area contributed by atoms with Crippen LogP contribution in [0.15, 0.2) is 11.6 Å². The number of hydrogen-bond donors (Lipinski definition) is 3. The third kappa shape index (κ3) is 4.58. The van der Waals surface area contributed by atoms with Crippen LogP contribution in [0.2, 0.25) is 0 Å². The average Bonchev–Trinajstić information content (AvgIpc) is 2.61. The Kier molecular flexibility index (Phi) is 6.22. The van der Waals surface area contributed by atoms with E-state index in [0.717, 1.165) is 44.1 Å². The first kappa shape index (κ1) is 19.2. The number of amides is 2. The van der Waals surface area contributed by atoms with Gasteiger partial charge in [0.1, 0.15) is 6.04 Å². The van der Waals surface area contributed by atoms with Crippen molar-refractivity contribution in [1.82, 2.24) is 10.6 Å². The van der Waals surface area contributed by atoms with E-state index in [9.17, 15) is 19.5 Å². The van der Waals surface area contributed by atoms with Crippen LogP contribution >= 0.6 is 11.6 Å². The van der Waals surface area contributed by atoms with Crippen LogP contribution in [-0.2, 0) is 14.4 Å². The zero-order chi connectivity index (χ0) is 18.7. The highest BCUT2D eigenvalue weighted by Crippen LogP contribution is 2.35. The summed E-state index contributed by atoms with van der Waals surface area (Å²) in [6, 6.07) is -0.892. The zero-order valence-electron chi connectivity index (χ0n) is 14.9. The van der Waals surface area contributed by atoms with Gasteiger partial charge in [-0.2, -0.15) is 0 Å². The summed E-state index contributed by atoms with van der Waals surface area (Å²) in [4.78, 5) is 36.2. The molecule has 3 atom stereocenters. The summed E-state index contributed by atoms with van der Waals surface area (Å²) in [5, 5.41) is 15.4. The zero-order valence-corrected chi connectivity index (χ0v) is 15.6. The van der Waals surface area contributed by atoms with Crippen molar-refractivity contribution in [2.24, 2.45) is 11.8 Å². The fourth-order valence-electron chi connectivity index (χ4n) is 4.50. The van der Waals surface area contributed by atoms with Gasteiger partial charge in [0, 0.05) is 35.8 Å². The fourth-order valence-corrected chi connectivity index (χ4v) is 4.75. The van der Waals surface area contributed by atoms with Gasteiger partial charge in [-0.3, -0.25) is 9.59 Å². The van der Waals surface area contributed by atoms with Crippen LogP contribution in [0.4, 0.5) is 0 Å². The molecule has 0 aromatic carbocycles. The summed E-state index contributed by atoms with van der Waals surface area (Å²) in [5.74, 6) is -1.39. The molecule has 0 aromatic rings. The molecule has 2 amide bonds. The van der Waals surface area contributed by atoms with E-state index >= 15 is 0 Å². The van der Waals surface area contributed by atoms with Gasteiger partial charge in [0.05, 0.1) is 0 Å². The summed E-state index contributed by atoms with van der Waals surface area (Å²) < 4.78 is 0. The lowest BCUT2D eigenvalue weighted by atomic mass is 9.76. The van der Waals surface area contributed by atoms with Gasteiger partial charge in [0.25, 0.3) is 0 Å². The van der Waals surface area contributed by atoms with Crippen molar-refractivity contribution in [3.05, 3.63) is 11.6 Å². The molecule has 144 valence electrons. The first-order valence-corrected chi connectivity index (χ1v) is 10.1. The Labute approximate surface area is 158 Å². The molecule has 2 saturated carbocycles. The second-order valence-corrected chi connectivity index (χ2v) is 8.39. The Morgan fingerprint density at radius 1 is 1.19 bits per heavy atom. The van der Waals surface area contributed by atoms with Crippen LogP contribution < -0.4 is 10.6 Å².